The number of amides is 1. The molecule has 0 radical (unpaired) electrons. The fourth-order valence-corrected chi connectivity index (χ4v) is 2.13. The van der Waals surface area contributed by atoms with Crippen molar-refractivity contribution in [3.8, 4) is 0 Å². The lowest BCUT2D eigenvalue weighted by Gasteiger charge is -2.13. The van der Waals surface area contributed by atoms with Crippen molar-refractivity contribution in [2.24, 2.45) is 0 Å². The normalized spacial score (nSPS) is 11.8. The van der Waals surface area contributed by atoms with E-state index >= 15 is 0 Å². The molecule has 0 aliphatic rings. The molecule has 8 heteroatoms. The van der Waals surface area contributed by atoms with Gasteiger partial charge in [0.15, 0.2) is 23.6 Å². The number of esters is 1. The standard InChI is InChI=1S/C14H10F3NO3S/c1-7(21-14(20)10-3-2-6-22-10)13(19)18-9-5-4-8(15)11(16)12(9)17/h2-7H,1H3,(H,18,19)/t7-/m0/s1. The number of carbonyl (C=O) groups excluding carboxylic acids is 2. The minimum absolute atomic E-state index is 0.304. The summed E-state index contributed by atoms with van der Waals surface area (Å²) in [6, 6.07) is 4.71. The average molecular weight is 329 g/mol. The van der Waals surface area contributed by atoms with E-state index in [9.17, 15) is 22.8 Å². The molecule has 0 saturated carbocycles. The van der Waals surface area contributed by atoms with Crippen LogP contribution >= 0.6 is 11.3 Å². The molecule has 0 fully saturated rings. The molecule has 0 aliphatic heterocycles. The zero-order chi connectivity index (χ0) is 16.3. The van der Waals surface area contributed by atoms with E-state index in [1.165, 1.54) is 13.0 Å². The zero-order valence-electron chi connectivity index (χ0n) is 11.2. The van der Waals surface area contributed by atoms with Crippen molar-refractivity contribution < 1.29 is 27.5 Å². The highest BCUT2D eigenvalue weighted by molar-refractivity contribution is 7.11. The van der Waals surface area contributed by atoms with Gasteiger partial charge in [-0.2, -0.15) is 0 Å². The number of hydrogen-bond donors (Lipinski definition) is 1. The van der Waals surface area contributed by atoms with Crippen molar-refractivity contribution in [2.75, 3.05) is 5.32 Å². The number of rotatable bonds is 4. The molecule has 4 nitrogen and oxygen atoms in total. The lowest BCUT2D eigenvalue weighted by Crippen LogP contribution is -2.30. The van der Waals surface area contributed by atoms with Crippen LogP contribution in [0.3, 0.4) is 0 Å². The molecule has 0 bridgehead atoms. The van der Waals surface area contributed by atoms with E-state index in [2.05, 4.69) is 0 Å². The Balaban J connectivity index is 2.03. The quantitative estimate of drug-likeness (QED) is 0.691. The number of carbonyl (C=O) groups is 2. The smallest absolute Gasteiger partial charge is 0.349 e. The molecule has 22 heavy (non-hydrogen) atoms. The highest BCUT2D eigenvalue weighted by atomic mass is 32.1. The molecular formula is C14H10F3NO3S. The first-order chi connectivity index (χ1) is 10.4. The van der Waals surface area contributed by atoms with Gasteiger partial charge in [0.05, 0.1) is 5.69 Å². The van der Waals surface area contributed by atoms with Crippen LogP contribution in [-0.2, 0) is 9.53 Å². The van der Waals surface area contributed by atoms with Crippen LogP contribution in [0.2, 0.25) is 0 Å². The van der Waals surface area contributed by atoms with Gasteiger partial charge in [-0.1, -0.05) is 6.07 Å². The first kappa shape index (κ1) is 16.0. The predicted octanol–water partition coefficient (Wildman–Crippen LogP) is 3.35. The average Bonchev–Trinajstić information content (AvgIpc) is 3.02. The van der Waals surface area contributed by atoms with Crippen molar-refractivity contribution in [1.82, 2.24) is 0 Å². The summed E-state index contributed by atoms with van der Waals surface area (Å²) in [6.07, 6.45) is -1.23. The van der Waals surface area contributed by atoms with Crippen molar-refractivity contribution >= 4 is 28.9 Å². The van der Waals surface area contributed by atoms with Gasteiger partial charge in [-0.15, -0.1) is 11.3 Å². The first-order valence-corrected chi connectivity index (χ1v) is 6.97. The minimum Gasteiger partial charge on any atom is -0.448 e. The van der Waals surface area contributed by atoms with Crippen molar-refractivity contribution in [3.63, 3.8) is 0 Å². The van der Waals surface area contributed by atoms with Gasteiger partial charge in [0, 0.05) is 0 Å². The van der Waals surface area contributed by atoms with Gasteiger partial charge in [0.2, 0.25) is 0 Å². The van der Waals surface area contributed by atoms with E-state index in [0.29, 0.717) is 10.9 Å². The molecule has 1 amide bonds. The van der Waals surface area contributed by atoms with Crippen LogP contribution in [0, 0.1) is 17.5 Å². The molecule has 1 atom stereocenters. The van der Waals surface area contributed by atoms with Crippen LogP contribution in [0.1, 0.15) is 16.6 Å². The van der Waals surface area contributed by atoms with Gasteiger partial charge >= 0.3 is 5.97 Å². The second kappa shape index (κ2) is 6.61. The van der Waals surface area contributed by atoms with E-state index in [4.69, 9.17) is 4.74 Å². The maximum absolute atomic E-state index is 13.4. The Bertz CT molecular complexity index is 704. The Labute approximate surface area is 127 Å². The first-order valence-electron chi connectivity index (χ1n) is 6.09. The number of ether oxygens (including phenoxy) is 1. The fourth-order valence-electron chi connectivity index (χ4n) is 1.52. The van der Waals surface area contributed by atoms with Crippen molar-refractivity contribution in [1.29, 1.82) is 0 Å². The van der Waals surface area contributed by atoms with E-state index in [-0.39, 0.29) is 0 Å². The number of thiophene rings is 1. The number of halogens is 3. The maximum Gasteiger partial charge on any atom is 0.349 e. The Kier molecular flexibility index (Phi) is 4.81. The minimum atomic E-state index is -1.69. The molecule has 0 spiro atoms. The highest BCUT2D eigenvalue weighted by Crippen LogP contribution is 2.20. The lowest BCUT2D eigenvalue weighted by atomic mass is 10.2. The Morgan fingerprint density at radius 3 is 2.55 bits per heavy atom. The molecule has 1 N–H and O–H groups in total. The van der Waals surface area contributed by atoms with E-state index in [1.807, 2.05) is 5.32 Å². The molecule has 1 aromatic heterocycles. The van der Waals surface area contributed by atoms with Crippen LogP contribution in [0.4, 0.5) is 18.9 Å². The van der Waals surface area contributed by atoms with E-state index < -0.39 is 41.1 Å². The van der Waals surface area contributed by atoms with Crippen LogP contribution in [0.5, 0.6) is 0 Å². The summed E-state index contributed by atoms with van der Waals surface area (Å²) in [7, 11) is 0. The van der Waals surface area contributed by atoms with E-state index in [1.54, 1.807) is 11.4 Å². The number of benzene rings is 1. The van der Waals surface area contributed by atoms with Crippen LogP contribution in [0.25, 0.3) is 0 Å². The summed E-state index contributed by atoms with van der Waals surface area (Å²) in [5, 5.41) is 3.70. The number of hydrogen-bond acceptors (Lipinski definition) is 4. The van der Waals surface area contributed by atoms with Gasteiger partial charge in [-0.25, -0.2) is 18.0 Å². The highest BCUT2D eigenvalue weighted by Gasteiger charge is 2.22. The lowest BCUT2D eigenvalue weighted by molar-refractivity contribution is -0.123. The van der Waals surface area contributed by atoms with Crippen LogP contribution in [-0.4, -0.2) is 18.0 Å². The molecule has 1 aromatic carbocycles. The fraction of sp³-hybridized carbons (Fsp3) is 0.143. The van der Waals surface area contributed by atoms with Gasteiger partial charge in [0.1, 0.15) is 4.88 Å². The molecule has 0 aliphatic carbocycles. The Morgan fingerprint density at radius 2 is 1.91 bits per heavy atom. The third-order valence-electron chi connectivity index (χ3n) is 2.67. The summed E-state index contributed by atoms with van der Waals surface area (Å²) < 4.78 is 44.2. The summed E-state index contributed by atoms with van der Waals surface area (Å²) in [4.78, 5) is 23.8. The molecule has 0 saturated heterocycles. The molecule has 0 unspecified atom stereocenters. The maximum atomic E-state index is 13.4. The van der Waals surface area contributed by atoms with Gasteiger partial charge in [-0.05, 0) is 30.5 Å². The summed E-state index contributed by atoms with van der Waals surface area (Å²) in [5.41, 5.74) is -0.539. The largest absolute Gasteiger partial charge is 0.448 e. The third-order valence-corrected chi connectivity index (χ3v) is 3.52. The Hall–Kier alpha value is -2.35. The molecule has 2 aromatic rings. The molecule has 116 valence electrons. The second-order valence-corrected chi connectivity index (χ2v) is 5.18. The molecule has 1 heterocycles. The van der Waals surface area contributed by atoms with Crippen molar-refractivity contribution in [2.45, 2.75) is 13.0 Å². The summed E-state index contributed by atoms with van der Waals surface area (Å²) in [6.45, 7) is 1.28. The van der Waals surface area contributed by atoms with E-state index in [0.717, 1.165) is 17.4 Å². The Morgan fingerprint density at radius 1 is 1.18 bits per heavy atom. The monoisotopic (exact) mass is 329 g/mol. The van der Waals surface area contributed by atoms with Crippen molar-refractivity contribution in [3.05, 3.63) is 52.0 Å². The van der Waals surface area contributed by atoms with Crippen LogP contribution in [0.15, 0.2) is 29.6 Å². The number of anilines is 1. The predicted molar refractivity (Wildman–Crippen MR) is 74.1 cm³/mol. The molecular weight excluding hydrogens is 319 g/mol. The third kappa shape index (κ3) is 3.45. The summed E-state index contributed by atoms with van der Waals surface area (Å²) in [5.74, 6) is -6.16. The zero-order valence-corrected chi connectivity index (χ0v) is 12.0. The van der Waals surface area contributed by atoms with Gasteiger partial charge in [0.25, 0.3) is 5.91 Å². The van der Waals surface area contributed by atoms with Crippen LogP contribution < -0.4 is 5.32 Å². The topological polar surface area (TPSA) is 55.4 Å². The summed E-state index contributed by atoms with van der Waals surface area (Å²) >= 11 is 1.14. The SMILES string of the molecule is C[C@H](OC(=O)c1cccs1)C(=O)Nc1ccc(F)c(F)c1F. The molecule has 2 rings (SSSR count). The van der Waals surface area contributed by atoms with Gasteiger partial charge < -0.3 is 10.1 Å². The number of nitrogens with one attached hydrogen (secondary N) is 1. The second-order valence-electron chi connectivity index (χ2n) is 4.24. The van der Waals surface area contributed by atoms with Gasteiger partial charge in [-0.3, -0.25) is 4.79 Å².